The van der Waals surface area contributed by atoms with Crippen molar-refractivity contribution < 1.29 is 14.3 Å². The molecule has 0 spiro atoms. The van der Waals surface area contributed by atoms with Gasteiger partial charge in [-0.15, -0.1) is 0 Å². The number of hydrogen-bond donors (Lipinski definition) is 1. The van der Waals surface area contributed by atoms with E-state index in [2.05, 4.69) is 10.4 Å². The molecule has 1 aromatic heterocycles. The van der Waals surface area contributed by atoms with E-state index in [0.29, 0.717) is 34.3 Å². The van der Waals surface area contributed by atoms with Crippen molar-refractivity contribution in [1.82, 2.24) is 9.78 Å². The van der Waals surface area contributed by atoms with E-state index in [4.69, 9.17) is 21.1 Å². The number of nitrogens with zero attached hydrogens (tertiary/aromatic N) is 2. The number of nitrogens with one attached hydrogen (secondary N) is 1. The summed E-state index contributed by atoms with van der Waals surface area (Å²) in [7, 11) is 3.06. The average molecular weight is 372 g/mol. The van der Waals surface area contributed by atoms with Gasteiger partial charge in [0, 0.05) is 17.3 Å². The van der Waals surface area contributed by atoms with Crippen LogP contribution >= 0.6 is 11.6 Å². The van der Waals surface area contributed by atoms with Crippen molar-refractivity contribution in [3.05, 3.63) is 71.0 Å². The Kier molecular flexibility index (Phi) is 5.43. The lowest BCUT2D eigenvalue weighted by molar-refractivity contribution is 0.102. The molecule has 0 saturated carbocycles. The van der Waals surface area contributed by atoms with Crippen molar-refractivity contribution in [2.45, 2.75) is 6.54 Å². The molecule has 0 aliphatic rings. The summed E-state index contributed by atoms with van der Waals surface area (Å²) in [5, 5.41) is 7.75. The summed E-state index contributed by atoms with van der Waals surface area (Å²) in [6.07, 6.45) is 3.34. The molecule has 7 heteroatoms. The molecule has 2 aromatic carbocycles. The van der Waals surface area contributed by atoms with Crippen LogP contribution in [0.5, 0.6) is 11.5 Å². The van der Waals surface area contributed by atoms with E-state index in [1.807, 2.05) is 24.3 Å². The molecule has 0 aliphatic heterocycles. The highest BCUT2D eigenvalue weighted by molar-refractivity contribution is 6.31. The standard InChI is InChI=1S/C19H18ClN3O3/c1-25-15-7-8-16(18(9-15)26-2)19(24)22-14-10-21-23(12-14)11-13-5-3-4-6-17(13)20/h3-10,12H,11H2,1-2H3,(H,22,24). The third kappa shape index (κ3) is 3.97. The zero-order valence-corrected chi connectivity index (χ0v) is 15.2. The highest BCUT2D eigenvalue weighted by atomic mass is 35.5. The van der Waals surface area contributed by atoms with Gasteiger partial charge in [0.25, 0.3) is 5.91 Å². The SMILES string of the molecule is COc1ccc(C(=O)Nc2cnn(Cc3ccccc3Cl)c2)c(OC)c1. The van der Waals surface area contributed by atoms with Crippen molar-refractivity contribution in [3.8, 4) is 11.5 Å². The summed E-state index contributed by atoms with van der Waals surface area (Å²) < 4.78 is 12.1. The van der Waals surface area contributed by atoms with Crippen molar-refractivity contribution in [2.24, 2.45) is 0 Å². The molecule has 0 aliphatic carbocycles. The minimum absolute atomic E-state index is 0.290. The predicted molar refractivity (Wildman–Crippen MR) is 100 cm³/mol. The van der Waals surface area contributed by atoms with Gasteiger partial charge in [0.2, 0.25) is 0 Å². The van der Waals surface area contributed by atoms with Crippen molar-refractivity contribution >= 4 is 23.2 Å². The van der Waals surface area contributed by atoms with Gasteiger partial charge in [0.05, 0.1) is 38.2 Å². The van der Waals surface area contributed by atoms with E-state index < -0.39 is 0 Å². The number of carbonyl (C=O) groups is 1. The molecule has 0 bridgehead atoms. The fraction of sp³-hybridized carbons (Fsp3) is 0.158. The topological polar surface area (TPSA) is 65.4 Å². The lowest BCUT2D eigenvalue weighted by Gasteiger charge is -2.10. The van der Waals surface area contributed by atoms with Crippen LogP contribution in [-0.2, 0) is 6.54 Å². The molecule has 0 fully saturated rings. The summed E-state index contributed by atoms with van der Waals surface area (Å²) in [6.45, 7) is 0.515. The van der Waals surface area contributed by atoms with Crippen LogP contribution in [0.2, 0.25) is 5.02 Å². The third-order valence-electron chi connectivity index (χ3n) is 3.83. The third-order valence-corrected chi connectivity index (χ3v) is 4.20. The number of hydrogen-bond acceptors (Lipinski definition) is 4. The van der Waals surface area contributed by atoms with Gasteiger partial charge in [-0.3, -0.25) is 9.48 Å². The maximum Gasteiger partial charge on any atom is 0.259 e. The van der Waals surface area contributed by atoms with E-state index in [1.165, 1.54) is 7.11 Å². The second kappa shape index (κ2) is 7.93. The Morgan fingerprint density at radius 1 is 1.19 bits per heavy atom. The number of ether oxygens (including phenoxy) is 2. The lowest BCUT2D eigenvalue weighted by atomic mass is 10.1. The summed E-state index contributed by atoms with van der Waals surface area (Å²) in [5.74, 6) is 0.762. The van der Waals surface area contributed by atoms with Crippen LogP contribution in [-0.4, -0.2) is 29.9 Å². The van der Waals surface area contributed by atoms with Crippen molar-refractivity contribution in [1.29, 1.82) is 0 Å². The summed E-state index contributed by atoms with van der Waals surface area (Å²) >= 11 is 6.17. The van der Waals surface area contributed by atoms with Crippen LogP contribution in [0, 0.1) is 0 Å². The number of rotatable bonds is 6. The molecular weight excluding hydrogens is 354 g/mol. The van der Waals surface area contributed by atoms with Gasteiger partial charge in [-0.25, -0.2) is 0 Å². The number of halogens is 1. The van der Waals surface area contributed by atoms with Gasteiger partial charge in [0.1, 0.15) is 11.5 Å². The molecule has 1 heterocycles. The molecule has 1 amide bonds. The van der Waals surface area contributed by atoms with E-state index in [1.54, 1.807) is 42.4 Å². The molecule has 6 nitrogen and oxygen atoms in total. The minimum atomic E-state index is -0.290. The Hall–Kier alpha value is -2.99. The van der Waals surface area contributed by atoms with Crippen LogP contribution in [0.15, 0.2) is 54.9 Å². The number of methoxy groups -OCH3 is 2. The zero-order chi connectivity index (χ0) is 18.5. The summed E-state index contributed by atoms with van der Waals surface area (Å²) in [6, 6.07) is 12.6. The predicted octanol–water partition coefficient (Wildman–Crippen LogP) is 3.85. The summed E-state index contributed by atoms with van der Waals surface area (Å²) in [4.78, 5) is 12.5. The Morgan fingerprint density at radius 3 is 2.73 bits per heavy atom. The molecule has 3 aromatic rings. The van der Waals surface area contributed by atoms with Gasteiger partial charge in [-0.05, 0) is 23.8 Å². The molecule has 0 atom stereocenters. The van der Waals surface area contributed by atoms with Gasteiger partial charge >= 0.3 is 0 Å². The largest absolute Gasteiger partial charge is 0.497 e. The minimum Gasteiger partial charge on any atom is -0.497 e. The fourth-order valence-corrected chi connectivity index (χ4v) is 2.70. The highest BCUT2D eigenvalue weighted by Gasteiger charge is 2.14. The number of carbonyl (C=O) groups excluding carboxylic acids is 1. The van der Waals surface area contributed by atoms with Gasteiger partial charge in [-0.2, -0.15) is 5.10 Å². The van der Waals surface area contributed by atoms with Crippen LogP contribution in [0.25, 0.3) is 0 Å². The fourth-order valence-electron chi connectivity index (χ4n) is 2.50. The number of benzene rings is 2. The van der Waals surface area contributed by atoms with Crippen LogP contribution in [0.1, 0.15) is 15.9 Å². The number of anilines is 1. The summed E-state index contributed by atoms with van der Waals surface area (Å²) in [5.41, 5.74) is 1.94. The van der Waals surface area contributed by atoms with E-state index in [-0.39, 0.29) is 5.91 Å². The van der Waals surface area contributed by atoms with Crippen molar-refractivity contribution in [2.75, 3.05) is 19.5 Å². The first-order chi connectivity index (χ1) is 12.6. The molecule has 0 radical (unpaired) electrons. The van der Waals surface area contributed by atoms with Crippen LogP contribution < -0.4 is 14.8 Å². The average Bonchev–Trinajstić information content (AvgIpc) is 3.09. The quantitative estimate of drug-likeness (QED) is 0.714. The molecule has 26 heavy (non-hydrogen) atoms. The normalized spacial score (nSPS) is 10.4. The molecule has 1 N–H and O–H groups in total. The monoisotopic (exact) mass is 371 g/mol. The maximum atomic E-state index is 12.5. The Labute approximate surface area is 156 Å². The van der Waals surface area contributed by atoms with E-state index in [0.717, 1.165) is 5.56 Å². The van der Waals surface area contributed by atoms with Crippen molar-refractivity contribution in [3.63, 3.8) is 0 Å². The Bertz CT molecular complexity index is 924. The smallest absolute Gasteiger partial charge is 0.259 e. The molecule has 3 rings (SSSR count). The molecule has 0 unspecified atom stereocenters. The van der Waals surface area contributed by atoms with Gasteiger partial charge in [-0.1, -0.05) is 29.8 Å². The van der Waals surface area contributed by atoms with Crippen LogP contribution in [0.3, 0.4) is 0 Å². The number of aromatic nitrogens is 2. The molecular formula is C19H18ClN3O3. The second-order valence-corrected chi connectivity index (χ2v) is 5.95. The van der Waals surface area contributed by atoms with E-state index in [9.17, 15) is 4.79 Å². The second-order valence-electron chi connectivity index (χ2n) is 5.54. The maximum absolute atomic E-state index is 12.5. The first-order valence-corrected chi connectivity index (χ1v) is 8.27. The van der Waals surface area contributed by atoms with Crippen LogP contribution in [0.4, 0.5) is 5.69 Å². The first-order valence-electron chi connectivity index (χ1n) is 7.90. The Morgan fingerprint density at radius 2 is 2.00 bits per heavy atom. The Balaban J connectivity index is 1.73. The molecule has 134 valence electrons. The highest BCUT2D eigenvalue weighted by Crippen LogP contribution is 2.25. The zero-order valence-electron chi connectivity index (χ0n) is 14.4. The molecule has 0 saturated heterocycles. The first kappa shape index (κ1) is 17.8. The van der Waals surface area contributed by atoms with Gasteiger partial charge < -0.3 is 14.8 Å². The van der Waals surface area contributed by atoms with Gasteiger partial charge in [0.15, 0.2) is 0 Å². The lowest BCUT2D eigenvalue weighted by Crippen LogP contribution is -2.13. The van der Waals surface area contributed by atoms with E-state index >= 15 is 0 Å². The number of amides is 1.